The molecule has 0 spiro atoms. The molecule has 0 unspecified atom stereocenters. The van der Waals surface area contributed by atoms with Crippen molar-refractivity contribution in [3.8, 4) is 10.6 Å². The van der Waals surface area contributed by atoms with Crippen LogP contribution in [-0.4, -0.2) is 17.4 Å². The smallest absolute Gasteiger partial charge is 0.277 e. The van der Waals surface area contributed by atoms with E-state index in [0.29, 0.717) is 17.9 Å². The van der Waals surface area contributed by atoms with Gasteiger partial charge in [-0.2, -0.15) is 0 Å². The van der Waals surface area contributed by atoms with E-state index in [0.717, 1.165) is 29.0 Å². The van der Waals surface area contributed by atoms with Crippen LogP contribution in [0, 0.1) is 5.82 Å². The van der Waals surface area contributed by atoms with Gasteiger partial charge in [-0.25, -0.2) is 9.37 Å². The number of hydrogen-bond acceptors (Lipinski definition) is 3. The van der Waals surface area contributed by atoms with Gasteiger partial charge in [0, 0.05) is 17.5 Å². The lowest BCUT2D eigenvalue weighted by molar-refractivity contribution is 0.0981. The zero-order valence-corrected chi connectivity index (χ0v) is 13.7. The summed E-state index contributed by atoms with van der Waals surface area (Å²) < 4.78 is 13.6. The molecular weight excluding hydrogens is 323 g/mol. The van der Waals surface area contributed by atoms with Crippen molar-refractivity contribution in [3.63, 3.8) is 0 Å². The zero-order chi connectivity index (χ0) is 16.5. The molecule has 0 bridgehead atoms. The molecule has 3 nitrogen and oxygen atoms in total. The number of aromatic nitrogens is 1. The van der Waals surface area contributed by atoms with E-state index in [4.69, 9.17) is 0 Å². The number of carbonyl (C=O) groups is 1. The van der Waals surface area contributed by atoms with Crippen LogP contribution in [0.4, 0.5) is 10.1 Å². The summed E-state index contributed by atoms with van der Waals surface area (Å²) >= 11 is 1.45. The molecule has 0 N–H and O–H groups in total. The lowest BCUT2D eigenvalue weighted by atomic mass is 10.0. The number of rotatable bonds is 2. The minimum absolute atomic E-state index is 0.167. The minimum atomic E-state index is -0.322. The van der Waals surface area contributed by atoms with Gasteiger partial charge in [0.1, 0.15) is 16.5 Å². The maximum absolute atomic E-state index is 13.6. The second kappa shape index (κ2) is 6.17. The molecule has 0 atom stereocenters. The third-order valence-electron chi connectivity index (χ3n) is 4.16. The van der Waals surface area contributed by atoms with Crippen LogP contribution in [0.15, 0.2) is 53.9 Å². The molecule has 3 aromatic rings. The highest BCUT2D eigenvalue weighted by molar-refractivity contribution is 7.13. The second-order valence-electron chi connectivity index (χ2n) is 5.74. The van der Waals surface area contributed by atoms with Gasteiger partial charge in [-0.15, -0.1) is 11.3 Å². The first-order valence-corrected chi connectivity index (χ1v) is 8.71. The van der Waals surface area contributed by atoms with Gasteiger partial charge in [0.15, 0.2) is 0 Å². The Balaban J connectivity index is 1.66. The highest BCUT2D eigenvalue weighted by atomic mass is 32.1. The standard InChI is InChI=1S/C19H15FN2OS/c20-15-9-8-13-7-4-10-22(17(13)11-15)19(23)16-12-24-18(21-16)14-5-2-1-3-6-14/h1-3,5-6,8-9,11-12H,4,7,10H2. The van der Waals surface area contributed by atoms with Crippen LogP contribution in [0.5, 0.6) is 0 Å². The summed E-state index contributed by atoms with van der Waals surface area (Å²) in [6.07, 6.45) is 1.74. The average Bonchev–Trinajstić information content (AvgIpc) is 3.11. The molecule has 120 valence electrons. The first-order valence-electron chi connectivity index (χ1n) is 7.83. The third kappa shape index (κ3) is 2.71. The van der Waals surface area contributed by atoms with Crippen molar-refractivity contribution >= 4 is 22.9 Å². The molecule has 0 saturated carbocycles. The van der Waals surface area contributed by atoms with E-state index in [-0.39, 0.29) is 11.7 Å². The van der Waals surface area contributed by atoms with Crippen LogP contribution in [0.25, 0.3) is 10.6 Å². The number of fused-ring (bicyclic) bond motifs is 1. The third-order valence-corrected chi connectivity index (χ3v) is 5.05. The monoisotopic (exact) mass is 338 g/mol. The molecule has 2 aromatic carbocycles. The number of hydrogen-bond donors (Lipinski definition) is 0. The van der Waals surface area contributed by atoms with E-state index in [9.17, 15) is 9.18 Å². The van der Waals surface area contributed by atoms with Gasteiger partial charge >= 0.3 is 0 Å². The van der Waals surface area contributed by atoms with Gasteiger partial charge < -0.3 is 4.90 Å². The fourth-order valence-electron chi connectivity index (χ4n) is 2.98. The summed E-state index contributed by atoms with van der Waals surface area (Å²) in [6.45, 7) is 0.591. The summed E-state index contributed by atoms with van der Waals surface area (Å²) in [6, 6.07) is 14.4. The number of aryl methyl sites for hydroxylation is 1. The van der Waals surface area contributed by atoms with Crippen LogP contribution < -0.4 is 4.90 Å². The summed E-state index contributed by atoms with van der Waals surface area (Å²) in [7, 11) is 0. The predicted octanol–water partition coefficient (Wildman–Crippen LogP) is 4.54. The molecule has 1 aliphatic heterocycles. The highest BCUT2D eigenvalue weighted by Gasteiger charge is 2.25. The quantitative estimate of drug-likeness (QED) is 0.687. The molecule has 4 rings (SSSR count). The van der Waals surface area contributed by atoms with Crippen LogP contribution in [-0.2, 0) is 6.42 Å². The van der Waals surface area contributed by atoms with Crippen LogP contribution >= 0.6 is 11.3 Å². The highest BCUT2D eigenvalue weighted by Crippen LogP contribution is 2.30. The van der Waals surface area contributed by atoms with Crippen molar-refractivity contribution < 1.29 is 9.18 Å². The Morgan fingerprint density at radius 2 is 2.00 bits per heavy atom. The largest absolute Gasteiger partial charge is 0.307 e. The number of halogens is 1. The summed E-state index contributed by atoms with van der Waals surface area (Å²) in [4.78, 5) is 19.0. The Kier molecular flexibility index (Phi) is 3.86. The number of anilines is 1. The molecule has 0 radical (unpaired) electrons. The fraction of sp³-hybridized carbons (Fsp3) is 0.158. The van der Waals surface area contributed by atoms with Crippen molar-refractivity contribution in [2.75, 3.05) is 11.4 Å². The van der Waals surface area contributed by atoms with E-state index in [2.05, 4.69) is 4.98 Å². The summed E-state index contributed by atoms with van der Waals surface area (Å²) in [5, 5.41) is 2.59. The zero-order valence-electron chi connectivity index (χ0n) is 12.9. The van der Waals surface area contributed by atoms with Crippen molar-refractivity contribution in [1.29, 1.82) is 0 Å². The van der Waals surface area contributed by atoms with E-state index in [1.165, 1.54) is 23.5 Å². The number of benzene rings is 2. The Morgan fingerprint density at radius 1 is 1.17 bits per heavy atom. The average molecular weight is 338 g/mol. The normalized spacial score (nSPS) is 13.6. The minimum Gasteiger partial charge on any atom is -0.307 e. The topological polar surface area (TPSA) is 33.2 Å². The molecule has 5 heteroatoms. The molecule has 2 heterocycles. The van der Waals surface area contributed by atoms with Gasteiger partial charge in [0.05, 0.1) is 5.69 Å². The Morgan fingerprint density at radius 3 is 2.83 bits per heavy atom. The fourth-order valence-corrected chi connectivity index (χ4v) is 3.78. The van der Waals surface area contributed by atoms with Gasteiger partial charge in [-0.05, 0) is 30.5 Å². The SMILES string of the molecule is O=C(c1csc(-c2ccccc2)n1)N1CCCc2ccc(F)cc21. The number of thiazole rings is 1. The molecule has 1 amide bonds. The lowest BCUT2D eigenvalue weighted by Crippen LogP contribution is -2.35. The maximum Gasteiger partial charge on any atom is 0.277 e. The van der Waals surface area contributed by atoms with Gasteiger partial charge in [0.25, 0.3) is 5.91 Å². The van der Waals surface area contributed by atoms with E-state index in [1.54, 1.807) is 16.3 Å². The van der Waals surface area contributed by atoms with Crippen molar-refractivity contribution in [1.82, 2.24) is 4.98 Å². The van der Waals surface area contributed by atoms with E-state index < -0.39 is 0 Å². The van der Waals surface area contributed by atoms with Crippen LogP contribution in [0.1, 0.15) is 22.5 Å². The van der Waals surface area contributed by atoms with E-state index >= 15 is 0 Å². The Hall–Kier alpha value is -2.53. The molecule has 1 aromatic heterocycles. The molecular formula is C19H15FN2OS. The summed E-state index contributed by atoms with van der Waals surface area (Å²) in [5.74, 6) is -0.489. The van der Waals surface area contributed by atoms with Gasteiger partial charge in [0.2, 0.25) is 0 Å². The van der Waals surface area contributed by atoms with Crippen LogP contribution in [0.2, 0.25) is 0 Å². The number of carbonyl (C=O) groups excluding carboxylic acids is 1. The second-order valence-corrected chi connectivity index (χ2v) is 6.60. The number of amides is 1. The Bertz CT molecular complexity index is 891. The number of nitrogens with zero attached hydrogens (tertiary/aromatic N) is 2. The molecule has 0 fully saturated rings. The molecule has 0 saturated heterocycles. The lowest BCUT2D eigenvalue weighted by Gasteiger charge is -2.29. The maximum atomic E-state index is 13.6. The molecule has 1 aliphatic rings. The van der Waals surface area contributed by atoms with Gasteiger partial charge in [-0.3, -0.25) is 4.79 Å². The first kappa shape index (κ1) is 15.0. The van der Waals surface area contributed by atoms with Crippen LogP contribution in [0.3, 0.4) is 0 Å². The molecule has 24 heavy (non-hydrogen) atoms. The van der Waals surface area contributed by atoms with E-state index in [1.807, 2.05) is 30.3 Å². The first-order chi connectivity index (χ1) is 11.7. The Labute approximate surface area is 143 Å². The molecule has 0 aliphatic carbocycles. The summed E-state index contributed by atoms with van der Waals surface area (Å²) in [5.41, 5.74) is 3.08. The van der Waals surface area contributed by atoms with Crippen molar-refractivity contribution in [3.05, 3.63) is 71.0 Å². The van der Waals surface area contributed by atoms with Crippen molar-refractivity contribution in [2.24, 2.45) is 0 Å². The van der Waals surface area contributed by atoms with Gasteiger partial charge in [-0.1, -0.05) is 36.4 Å². The van der Waals surface area contributed by atoms with Crippen molar-refractivity contribution in [2.45, 2.75) is 12.8 Å². The predicted molar refractivity (Wildman–Crippen MR) is 93.9 cm³/mol.